The lowest BCUT2D eigenvalue weighted by molar-refractivity contribution is 0.166. The minimum atomic E-state index is -0.0744. The molecule has 1 aromatic heterocycles. The molecule has 0 bridgehead atoms. The Hall–Kier alpha value is -1.49. The predicted octanol–water partition coefficient (Wildman–Crippen LogP) is 1.39. The number of nitrogens with one attached hydrogen (secondary N) is 1. The lowest BCUT2D eigenvalue weighted by Crippen LogP contribution is -2.31. The van der Waals surface area contributed by atoms with Crippen molar-refractivity contribution in [2.75, 3.05) is 13.7 Å². The van der Waals surface area contributed by atoms with E-state index >= 15 is 0 Å². The second-order valence-electron chi connectivity index (χ2n) is 3.60. The molecular formula is C12H15N3O. The van der Waals surface area contributed by atoms with Crippen LogP contribution in [0.5, 0.6) is 0 Å². The predicted molar refractivity (Wildman–Crippen MR) is 63.7 cm³/mol. The SMILES string of the molecule is COCC(NN)c1ccc2ccccc2n1. The number of hydrogen-bond donors (Lipinski definition) is 2. The highest BCUT2D eigenvalue weighted by Crippen LogP contribution is 2.16. The Morgan fingerprint density at radius 1 is 1.31 bits per heavy atom. The summed E-state index contributed by atoms with van der Waals surface area (Å²) in [5.74, 6) is 5.46. The van der Waals surface area contributed by atoms with Gasteiger partial charge in [0.15, 0.2) is 0 Å². The van der Waals surface area contributed by atoms with E-state index in [-0.39, 0.29) is 6.04 Å². The van der Waals surface area contributed by atoms with Crippen molar-refractivity contribution in [2.24, 2.45) is 5.84 Å². The van der Waals surface area contributed by atoms with Crippen molar-refractivity contribution in [1.29, 1.82) is 0 Å². The van der Waals surface area contributed by atoms with Crippen LogP contribution >= 0.6 is 0 Å². The molecule has 4 nitrogen and oxygen atoms in total. The molecule has 1 atom stereocenters. The van der Waals surface area contributed by atoms with Crippen molar-refractivity contribution in [3.05, 3.63) is 42.1 Å². The summed E-state index contributed by atoms with van der Waals surface area (Å²) in [6.07, 6.45) is 0. The van der Waals surface area contributed by atoms with Gasteiger partial charge in [-0.3, -0.25) is 10.8 Å². The molecule has 84 valence electrons. The zero-order chi connectivity index (χ0) is 11.4. The van der Waals surface area contributed by atoms with Gasteiger partial charge in [-0.15, -0.1) is 0 Å². The molecule has 0 aliphatic heterocycles. The number of nitrogens with zero attached hydrogens (tertiary/aromatic N) is 1. The molecule has 0 saturated carbocycles. The molecule has 0 aliphatic rings. The molecule has 2 rings (SSSR count). The number of benzene rings is 1. The lowest BCUT2D eigenvalue weighted by atomic mass is 10.1. The van der Waals surface area contributed by atoms with Crippen molar-refractivity contribution >= 4 is 10.9 Å². The monoisotopic (exact) mass is 217 g/mol. The Morgan fingerprint density at radius 3 is 2.88 bits per heavy atom. The number of hydrogen-bond acceptors (Lipinski definition) is 4. The molecule has 0 amide bonds. The molecule has 0 spiro atoms. The summed E-state index contributed by atoms with van der Waals surface area (Å²) in [4.78, 5) is 4.54. The Labute approximate surface area is 94.4 Å². The van der Waals surface area contributed by atoms with Crippen LogP contribution < -0.4 is 11.3 Å². The lowest BCUT2D eigenvalue weighted by Gasteiger charge is -2.14. The number of nitrogens with two attached hydrogens (primary N) is 1. The van der Waals surface area contributed by atoms with E-state index in [1.165, 1.54) is 0 Å². The van der Waals surface area contributed by atoms with Gasteiger partial charge in [-0.05, 0) is 12.1 Å². The van der Waals surface area contributed by atoms with Gasteiger partial charge < -0.3 is 4.74 Å². The number of rotatable bonds is 4. The second-order valence-corrected chi connectivity index (χ2v) is 3.60. The number of methoxy groups -OCH3 is 1. The Balaban J connectivity index is 2.37. The van der Waals surface area contributed by atoms with E-state index in [2.05, 4.69) is 10.4 Å². The number of para-hydroxylation sites is 1. The fraction of sp³-hybridized carbons (Fsp3) is 0.250. The summed E-state index contributed by atoms with van der Waals surface area (Å²) in [6, 6.07) is 11.9. The Bertz CT molecular complexity index is 473. The maximum atomic E-state index is 5.46. The van der Waals surface area contributed by atoms with Crippen LogP contribution in [0.4, 0.5) is 0 Å². The fourth-order valence-electron chi connectivity index (χ4n) is 1.66. The van der Waals surface area contributed by atoms with Gasteiger partial charge in [-0.25, -0.2) is 5.43 Å². The molecular weight excluding hydrogens is 202 g/mol. The summed E-state index contributed by atoms with van der Waals surface area (Å²) < 4.78 is 5.08. The van der Waals surface area contributed by atoms with Crippen LogP contribution in [0.15, 0.2) is 36.4 Å². The first-order chi connectivity index (χ1) is 7.85. The molecule has 1 unspecified atom stereocenters. The van der Waals surface area contributed by atoms with Crippen molar-refractivity contribution < 1.29 is 4.74 Å². The Kier molecular flexibility index (Phi) is 3.46. The van der Waals surface area contributed by atoms with E-state index in [1.54, 1.807) is 7.11 Å². The van der Waals surface area contributed by atoms with Gasteiger partial charge in [0.05, 0.1) is 23.9 Å². The van der Waals surface area contributed by atoms with Crippen LogP contribution in [-0.2, 0) is 4.74 Å². The van der Waals surface area contributed by atoms with Gasteiger partial charge in [-0.1, -0.05) is 24.3 Å². The molecule has 0 fully saturated rings. The average Bonchev–Trinajstić information content (AvgIpc) is 2.35. The van der Waals surface area contributed by atoms with Gasteiger partial charge in [0.1, 0.15) is 0 Å². The number of pyridine rings is 1. The standard InChI is InChI=1S/C12H15N3O/c1-16-8-12(15-13)11-7-6-9-4-2-3-5-10(9)14-11/h2-7,12,15H,8,13H2,1H3. The van der Waals surface area contributed by atoms with E-state index < -0.39 is 0 Å². The quantitative estimate of drug-likeness (QED) is 0.600. The van der Waals surface area contributed by atoms with Crippen LogP contribution in [0.25, 0.3) is 10.9 Å². The van der Waals surface area contributed by atoms with E-state index in [1.807, 2.05) is 36.4 Å². The highest BCUT2D eigenvalue weighted by molar-refractivity contribution is 5.78. The molecule has 16 heavy (non-hydrogen) atoms. The van der Waals surface area contributed by atoms with Crippen LogP contribution in [0, 0.1) is 0 Å². The van der Waals surface area contributed by atoms with Gasteiger partial charge in [0.2, 0.25) is 0 Å². The normalized spacial score (nSPS) is 12.9. The molecule has 1 heterocycles. The molecule has 4 heteroatoms. The van der Waals surface area contributed by atoms with Crippen molar-refractivity contribution in [3.8, 4) is 0 Å². The van der Waals surface area contributed by atoms with E-state index in [9.17, 15) is 0 Å². The van der Waals surface area contributed by atoms with Crippen molar-refractivity contribution in [1.82, 2.24) is 10.4 Å². The molecule has 0 saturated heterocycles. The first kappa shape index (κ1) is 11.0. The summed E-state index contributed by atoms with van der Waals surface area (Å²) in [5.41, 5.74) is 4.56. The summed E-state index contributed by atoms with van der Waals surface area (Å²) in [6.45, 7) is 0.502. The number of aromatic nitrogens is 1. The van der Waals surface area contributed by atoms with E-state index in [4.69, 9.17) is 10.6 Å². The topological polar surface area (TPSA) is 60.2 Å². The smallest absolute Gasteiger partial charge is 0.0865 e. The zero-order valence-corrected chi connectivity index (χ0v) is 9.18. The van der Waals surface area contributed by atoms with Crippen LogP contribution in [0.2, 0.25) is 0 Å². The van der Waals surface area contributed by atoms with Crippen LogP contribution in [0.3, 0.4) is 0 Å². The highest BCUT2D eigenvalue weighted by Gasteiger charge is 2.10. The number of hydrazine groups is 1. The van der Waals surface area contributed by atoms with Gasteiger partial charge in [-0.2, -0.15) is 0 Å². The van der Waals surface area contributed by atoms with Gasteiger partial charge >= 0.3 is 0 Å². The van der Waals surface area contributed by atoms with E-state index in [0.29, 0.717) is 6.61 Å². The largest absolute Gasteiger partial charge is 0.383 e. The summed E-state index contributed by atoms with van der Waals surface area (Å²) in [7, 11) is 1.64. The maximum absolute atomic E-state index is 5.46. The van der Waals surface area contributed by atoms with Gasteiger partial charge in [0, 0.05) is 12.5 Å². The highest BCUT2D eigenvalue weighted by atomic mass is 16.5. The third-order valence-electron chi connectivity index (χ3n) is 2.51. The summed E-state index contributed by atoms with van der Waals surface area (Å²) in [5, 5.41) is 1.12. The fourth-order valence-corrected chi connectivity index (χ4v) is 1.66. The number of ether oxygens (including phenoxy) is 1. The molecule has 0 radical (unpaired) electrons. The van der Waals surface area contributed by atoms with E-state index in [0.717, 1.165) is 16.6 Å². The van der Waals surface area contributed by atoms with Crippen LogP contribution in [-0.4, -0.2) is 18.7 Å². The summed E-state index contributed by atoms with van der Waals surface area (Å²) >= 11 is 0. The zero-order valence-electron chi connectivity index (χ0n) is 9.18. The molecule has 0 aliphatic carbocycles. The van der Waals surface area contributed by atoms with Crippen LogP contribution in [0.1, 0.15) is 11.7 Å². The molecule has 3 N–H and O–H groups in total. The minimum absolute atomic E-state index is 0.0744. The maximum Gasteiger partial charge on any atom is 0.0865 e. The number of fused-ring (bicyclic) bond motifs is 1. The minimum Gasteiger partial charge on any atom is -0.383 e. The third kappa shape index (κ3) is 2.19. The Morgan fingerprint density at radius 2 is 2.12 bits per heavy atom. The first-order valence-corrected chi connectivity index (χ1v) is 5.16. The molecule has 2 aromatic rings. The first-order valence-electron chi connectivity index (χ1n) is 5.16. The van der Waals surface area contributed by atoms with Gasteiger partial charge in [0.25, 0.3) is 0 Å². The average molecular weight is 217 g/mol. The second kappa shape index (κ2) is 5.03. The van der Waals surface area contributed by atoms with Crippen molar-refractivity contribution in [3.63, 3.8) is 0 Å². The van der Waals surface area contributed by atoms with Crippen molar-refractivity contribution in [2.45, 2.75) is 6.04 Å². The third-order valence-corrected chi connectivity index (χ3v) is 2.51. The molecule has 1 aromatic carbocycles.